The molecular formula is C23H25N3O3. The Labute approximate surface area is 170 Å². The Kier molecular flexibility index (Phi) is 6.34. The molecule has 1 aromatic heterocycles. The van der Waals surface area contributed by atoms with Gasteiger partial charge in [-0.2, -0.15) is 0 Å². The number of anilines is 3. The molecule has 6 heteroatoms. The summed E-state index contributed by atoms with van der Waals surface area (Å²) in [5, 5.41) is 6.18. The Morgan fingerprint density at radius 3 is 2.38 bits per heavy atom. The van der Waals surface area contributed by atoms with E-state index < -0.39 is 0 Å². The van der Waals surface area contributed by atoms with Crippen LogP contribution in [0.5, 0.6) is 11.5 Å². The molecule has 3 rings (SSSR count). The summed E-state index contributed by atoms with van der Waals surface area (Å²) in [6.07, 6.45) is 1.62. The van der Waals surface area contributed by atoms with E-state index in [9.17, 15) is 4.79 Å². The average molecular weight is 391 g/mol. The van der Waals surface area contributed by atoms with E-state index in [0.29, 0.717) is 34.5 Å². The van der Waals surface area contributed by atoms with Gasteiger partial charge in [0.2, 0.25) is 0 Å². The van der Waals surface area contributed by atoms with E-state index >= 15 is 0 Å². The third-order valence-electron chi connectivity index (χ3n) is 4.51. The number of nitrogens with zero attached hydrogens (tertiary/aromatic N) is 1. The van der Waals surface area contributed by atoms with Crippen molar-refractivity contribution >= 4 is 23.1 Å². The summed E-state index contributed by atoms with van der Waals surface area (Å²) in [7, 11) is 3.09. The lowest BCUT2D eigenvalue weighted by molar-refractivity contribution is 0.102. The van der Waals surface area contributed by atoms with Gasteiger partial charge in [-0.3, -0.25) is 4.79 Å². The first-order valence-electron chi connectivity index (χ1n) is 9.37. The SMILES string of the molecule is COc1ccc(C(=O)Nc2ccc(Nc3ccccc3C(C)C)nc2)cc1OC. The van der Waals surface area contributed by atoms with Crippen molar-refractivity contribution in [2.45, 2.75) is 19.8 Å². The fourth-order valence-corrected chi connectivity index (χ4v) is 2.97. The van der Waals surface area contributed by atoms with E-state index in [2.05, 4.69) is 35.5 Å². The zero-order valence-corrected chi connectivity index (χ0v) is 17.0. The zero-order chi connectivity index (χ0) is 20.8. The van der Waals surface area contributed by atoms with Crippen molar-refractivity contribution in [1.82, 2.24) is 4.98 Å². The van der Waals surface area contributed by atoms with Crippen LogP contribution in [0.1, 0.15) is 35.7 Å². The summed E-state index contributed by atoms with van der Waals surface area (Å²) in [6, 6.07) is 16.8. The molecule has 0 spiro atoms. The third kappa shape index (κ3) is 4.85. The zero-order valence-electron chi connectivity index (χ0n) is 17.0. The molecule has 29 heavy (non-hydrogen) atoms. The van der Waals surface area contributed by atoms with Crippen molar-refractivity contribution in [2.75, 3.05) is 24.9 Å². The largest absolute Gasteiger partial charge is 0.493 e. The minimum Gasteiger partial charge on any atom is -0.493 e. The average Bonchev–Trinajstić information content (AvgIpc) is 2.74. The van der Waals surface area contributed by atoms with E-state index in [1.807, 2.05) is 30.3 Å². The van der Waals surface area contributed by atoms with E-state index in [1.54, 1.807) is 31.5 Å². The molecular weight excluding hydrogens is 366 g/mol. The molecule has 0 aliphatic carbocycles. The summed E-state index contributed by atoms with van der Waals surface area (Å²) >= 11 is 0. The number of rotatable bonds is 7. The standard InChI is InChI=1S/C23H25N3O3/c1-15(2)18-7-5-6-8-19(18)26-22-12-10-17(14-24-22)25-23(27)16-9-11-20(28-3)21(13-16)29-4/h5-15H,1-4H3,(H,24,26)(H,25,27). The Morgan fingerprint density at radius 2 is 1.72 bits per heavy atom. The number of hydrogen-bond donors (Lipinski definition) is 2. The predicted molar refractivity (Wildman–Crippen MR) is 116 cm³/mol. The molecule has 150 valence electrons. The van der Waals surface area contributed by atoms with Gasteiger partial charge in [-0.15, -0.1) is 0 Å². The first-order valence-corrected chi connectivity index (χ1v) is 9.37. The molecule has 1 amide bonds. The van der Waals surface area contributed by atoms with Crippen LogP contribution in [-0.2, 0) is 0 Å². The van der Waals surface area contributed by atoms with Crippen LogP contribution in [0.4, 0.5) is 17.2 Å². The molecule has 0 saturated carbocycles. The Bertz CT molecular complexity index is 985. The first-order chi connectivity index (χ1) is 14.0. The Morgan fingerprint density at radius 1 is 0.966 bits per heavy atom. The van der Waals surface area contributed by atoms with Gasteiger partial charge in [0.05, 0.1) is 26.1 Å². The highest BCUT2D eigenvalue weighted by molar-refractivity contribution is 6.04. The lowest BCUT2D eigenvalue weighted by Gasteiger charge is -2.14. The molecule has 0 atom stereocenters. The van der Waals surface area contributed by atoms with E-state index in [4.69, 9.17) is 9.47 Å². The van der Waals surface area contributed by atoms with Gasteiger partial charge in [-0.25, -0.2) is 4.98 Å². The molecule has 2 aromatic carbocycles. The number of amides is 1. The summed E-state index contributed by atoms with van der Waals surface area (Å²) in [5.74, 6) is 1.93. The number of aromatic nitrogens is 1. The number of carbonyl (C=O) groups is 1. The molecule has 1 heterocycles. The fraction of sp³-hybridized carbons (Fsp3) is 0.217. The predicted octanol–water partition coefficient (Wildman–Crippen LogP) is 5.22. The van der Waals surface area contributed by atoms with Crippen molar-refractivity contribution in [3.8, 4) is 11.5 Å². The van der Waals surface area contributed by atoms with Gasteiger partial charge in [0.15, 0.2) is 11.5 Å². The molecule has 0 radical (unpaired) electrons. The Balaban J connectivity index is 1.70. The lowest BCUT2D eigenvalue weighted by Crippen LogP contribution is -2.12. The van der Waals surface area contributed by atoms with Crippen LogP contribution in [-0.4, -0.2) is 25.1 Å². The summed E-state index contributed by atoms with van der Waals surface area (Å²) in [6.45, 7) is 4.31. The van der Waals surface area contributed by atoms with Gasteiger partial charge in [-0.05, 0) is 47.9 Å². The maximum Gasteiger partial charge on any atom is 0.255 e. The van der Waals surface area contributed by atoms with E-state index in [-0.39, 0.29) is 5.91 Å². The van der Waals surface area contributed by atoms with Gasteiger partial charge in [0.25, 0.3) is 5.91 Å². The van der Waals surface area contributed by atoms with Crippen LogP contribution in [0, 0.1) is 0 Å². The highest BCUT2D eigenvalue weighted by atomic mass is 16.5. The van der Waals surface area contributed by atoms with Crippen molar-refractivity contribution in [3.63, 3.8) is 0 Å². The maximum atomic E-state index is 12.5. The fourth-order valence-electron chi connectivity index (χ4n) is 2.97. The molecule has 0 fully saturated rings. The molecule has 6 nitrogen and oxygen atoms in total. The van der Waals surface area contributed by atoms with Crippen LogP contribution in [0.2, 0.25) is 0 Å². The molecule has 0 unspecified atom stereocenters. The van der Waals surface area contributed by atoms with Crippen LogP contribution in [0.3, 0.4) is 0 Å². The lowest BCUT2D eigenvalue weighted by atomic mass is 10.0. The number of methoxy groups -OCH3 is 2. The van der Waals surface area contributed by atoms with Crippen molar-refractivity contribution in [3.05, 3.63) is 71.9 Å². The van der Waals surface area contributed by atoms with Gasteiger partial charge in [-0.1, -0.05) is 32.0 Å². The van der Waals surface area contributed by atoms with Crippen LogP contribution >= 0.6 is 0 Å². The van der Waals surface area contributed by atoms with Crippen molar-refractivity contribution in [1.29, 1.82) is 0 Å². The first kappa shape index (κ1) is 20.2. The summed E-state index contributed by atoms with van der Waals surface area (Å²) in [4.78, 5) is 16.9. The summed E-state index contributed by atoms with van der Waals surface area (Å²) in [5.41, 5.74) is 3.32. The smallest absolute Gasteiger partial charge is 0.255 e. The molecule has 2 N–H and O–H groups in total. The van der Waals surface area contributed by atoms with Crippen LogP contribution in [0.15, 0.2) is 60.8 Å². The maximum absolute atomic E-state index is 12.5. The molecule has 0 saturated heterocycles. The number of para-hydroxylation sites is 1. The molecule has 0 aliphatic heterocycles. The van der Waals surface area contributed by atoms with Gasteiger partial charge in [0, 0.05) is 11.3 Å². The topological polar surface area (TPSA) is 72.5 Å². The van der Waals surface area contributed by atoms with E-state index in [0.717, 1.165) is 5.69 Å². The molecule has 0 bridgehead atoms. The molecule has 0 aliphatic rings. The monoisotopic (exact) mass is 391 g/mol. The number of ether oxygens (including phenoxy) is 2. The second kappa shape index (κ2) is 9.10. The second-order valence-corrected chi connectivity index (χ2v) is 6.82. The molecule has 3 aromatic rings. The van der Waals surface area contributed by atoms with Gasteiger partial charge >= 0.3 is 0 Å². The number of carbonyl (C=O) groups excluding carboxylic acids is 1. The minimum absolute atomic E-state index is 0.251. The normalized spacial score (nSPS) is 10.5. The number of benzene rings is 2. The highest BCUT2D eigenvalue weighted by Crippen LogP contribution is 2.28. The third-order valence-corrected chi connectivity index (χ3v) is 4.51. The number of hydrogen-bond acceptors (Lipinski definition) is 5. The van der Waals surface area contributed by atoms with E-state index in [1.165, 1.54) is 12.7 Å². The van der Waals surface area contributed by atoms with Crippen molar-refractivity contribution in [2.24, 2.45) is 0 Å². The Hall–Kier alpha value is -3.54. The summed E-state index contributed by atoms with van der Waals surface area (Å²) < 4.78 is 10.5. The van der Waals surface area contributed by atoms with Crippen LogP contribution in [0.25, 0.3) is 0 Å². The second-order valence-electron chi connectivity index (χ2n) is 6.82. The number of pyridine rings is 1. The minimum atomic E-state index is -0.251. The van der Waals surface area contributed by atoms with Crippen LogP contribution < -0.4 is 20.1 Å². The highest BCUT2D eigenvalue weighted by Gasteiger charge is 2.12. The van der Waals surface area contributed by atoms with Gasteiger partial charge < -0.3 is 20.1 Å². The quantitative estimate of drug-likeness (QED) is 0.578. The number of nitrogens with one attached hydrogen (secondary N) is 2. The van der Waals surface area contributed by atoms with Gasteiger partial charge in [0.1, 0.15) is 5.82 Å². The van der Waals surface area contributed by atoms with Crippen molar-refractivity contribution < 1.29 is 14.3 Å².